The number of hydrogen-bond donors (Lipinski definition) is 2. The Bertz CT molecular complexity index is 457. The van der Waals surface area contributed by atoms with Gasteiger partial charge in [-0.25, -0.2) is 0 Å². The Kier molecular flexibility index (Phi) is 3.00. The van der Waals surface area contributed by atoms with Crippen LogP contribution in [0, 0.1) is 0 Å². The summed E-state index contributed by atoms with van der Waals surface area (Å²) in [6.07, 6.45) is 4.61. The van der Waals surface area contributed by atoms with Crippen LogP contribution < -0.4 is 10.5 Å². The average molecular weight is 268 g/mol. The Labute approximate surface area is 112 Å². The van der Waals surface area contributed by atoms with Gasteiger partial charge >= 0.3 is 0 Å². The highest BCUT2D eigenvalue weighted by molar-refractivity contribution is 6.30. The molecule has 18 heavy (non-hydrogen) atoms. The number of nitrogens with two attached hydrogens (primary N) is 1. The molecule has 2 aliphatic rings. The molecular weight excluding hydrogens is 250 g/mol. The van der Waals surface area contributed by atoms with Gasteiger partial charge in [-0.3, -0.25) is 0 Å². The Hall–Kier alpha value is -0.770. The zero-order chi connectivity index (χ0) is 12.8. The van der Waals surface area contributed by atoms with Crippen LogP contribution in [-0.2, 0) is 0 Å². The molecular formula is C14H18ClNO2. The number of rotatable bonds is 0. The molecule has 3 nitrogen and oxygen atoms in total. The summed E-state index contributed by atoms with van der Waals surface area (Å²) >= 11 is 5.96. The lowest BCUT2D eigenvalue weighted by molar-refractivity contribution is -0.0581. The normalized spacial score (nSPS) is 29.7. The number of ether oxygens (including phenoxy) is 1. The molecule has 1 aliphatic carbocycles. The van der Waals surface area contributed by atoms with Gasteiger partial charge in [0.15, 0.2) is 0 Å². The van der Waals surface area contributed by atoms with E-state index < -0.39 is 11.7 Å². The second kappa shape index (κ2) is 4.41. The van der Waals surface area contributed by atoms with E-state index in [-0.39, 0.29) is 6.04 Å². The van der Waals surface area contributed by atoms with Gasteiger partial charge < -0.3 is 15.6 Å². The fourth-order valence-electron chi connectivity index (χ4n) is 3.20. The zero-order valence-corrected chi connectivity index (χ0v) is 11.0. The van der Waals surface area contributed by atoms with Gasteiger partial charge in [-0.15, -0.1) is 0 Å². The van der Waals surface area contributed by atoms with Crippen LogP contribution >= 0.6 is 11.6 Å². The van der Waals surface area contributed by atoms with E-state index >= 15 is 0 Å². The third-order valence-electron chi connectivity index (χ3n) is 4.25. The number of halogens is 1. The van der Waals surface area contributed by atoms with Crippen molar-refractivity contribution in [2.24, 2.45) is 5.73 Å². The number of aliphatic hydroxyl groups excluding tert-OH is 1. The van der Waals surface area contributed by atoms with Crippen LogP contribution in [0.4, 0.5) is 0 Å². The van der Waals surface area contributed by atoms with E-state index in [0.717, 1.165) is 31.4 Å². The summed E-state index contributed by atoms with van der Waals surface area (Å²) in [5.74, 6) is 0.732. The van der Waals surface area contributed by atoms with Crippen molar-refractivity contribution in [1.29, 1.82) is 0 Å². The first-order valence-electron chi connectivity index (χ1n) is 6.54. The van der Waals surface area contributed by atoms with Crippen LogP contribution in [0.2, 0.25) is 5.02 Å². The first-order chi connectivity index (χ1) is 8.62. The molecule has 3 rings (SSSR count). The van der Waals surface area contributed by atoms with Crippen molar-refractivity contribution in [1.82, 2.24) is 0 Å². The highest BCUT2D eigenvalue weighted by atomic mass is 35.5. The molecule has 1 aromatic carbocycles. The van der Waals surface area contributed by atoms with Crippen LogP contribution in [-0.4, -0.2) is 16.7 Å². The fraction of sp³-hybridized carbons (Fsp3) is 0.571. The van der Waals surface area contributed by atoms with E-state index in [9.17, 15) is 5.11 Å². The van der Waals surface area contributed by atoms with Crippen LogP contribution in [0.1, 0.15) is 43.8 Å². The molecule has 98 valence electrons. The molecule has 0 saturated heterocycles. The largest absolute Gasteiger partial charge is 0.485 e. The molecule has 4 heteroatoms. The summed E-state index contributed by atoms with van der Waals surface area (Å²) in [6, 6.07) is 5.00. The summed E-state index contributed by atoms with van der Waals surface area (Å²) in [5, 5.41) is 11.0. The Balaban J connectivity index is 2.01. The van der Waals surface area contributed by atoms with Crippen molar-refractivity contribution in [2.75, 3.05) is 0 Å². The average Bonchev–Trinajstić information content (AvgIpc) is 2.39. The lowest BCUT2D eigenvalue weighted by Gasteiger charge is -2.47. The SMILES string of the molecule is NC1C(O)c2cc(Cl)ccc2OC12CCCCC2. The summed E-state index contributed by atoms with van der Waals surface area (Å²) < 4.78 is 6.15. The molecule has 2 unspecified atom stereocenters. The number of fused-ring (bicyclic) bond motifs is 1. The van der Waals surface area contributed by atoms with E-state index in [4.69, 9.17) is 22.1 Å². The first kappa shape index (κ1) is 12.3. The predicted octanol–water partition coefficient (Wildman–Crippen LogP) is 2.80. The number of aliphatic hydroxyl groups is 1. The van der Waals surface area contributed by atoms with Crippen molar-refractivity contribution in [3.05, 3.63) is 28.8 Å². The second-order valence-electron chi connectivity index (χ2n) is 5.38. The third-order valence-corrected chi connectivity index (χ3v) is 4.49. The molecule has 1 spiro atoms. The molecule has 0 radical (unpaired) electrons. The third kappa shape index (κ3) is 1.81. The van der Waals surface area contributed by atoms with E-state index in [1.165, 1.54) is 6.42 Å². The van der Waals surface area contributed by atoms with Gasteiger partial charge in [0, 0.05) is 10.6 Å². The lowest BCUT2D eigenvalue weighted by Crippen LogP contribution is -2.58. The van der Waals surface area contributed by atoms with Crippen molar-refractivity contribution in [3.63, 3.8) is 0 Å². The van der Waals surface area contributed by atoms with Gasteiger partial charge in [-0.2, -0.15) is 0 Å². The minimum Gasteiger partial charge on any atom is -0.485 e. The molecule has 3 N–H and O–H groups in total. The Morgan fingerprint density at radius 2 is 2.00 bits per heavy atom. The quantitative estimate of drug-likeness (QED) is 0.760. The smallest absolute Gasteiger partial charge is 0.127 e. The topological polar surface area (TPSA) is 55.5 Å². The molecule has 1 fully saturated rings. The maximum absolute atomic E-state index is 10.4. The van der Waals surface area contributed by atoms with Crippen molar-refractivity contribution < 1.29 is 9.84 Å². The van der Waals surface area contributed by atoms with Gasteiger partial charge in [-0.05, 0) is 43.9 Å². The van der Waals surface area contributed by atoms with Gasteiger partial charge in [0.2, 0.25) is 0 Å². The standard InChI is InChI=1S/C14H18ClNO2/c15-9-4-5-11-10(8-9)12(17)13(16)14(18-11)6-2-1-3-7-14/h4-5,8,12-13,17H,1-3,6-7,16H2. The highest BCUT2D eigenvalue weighted by Crippen LogP contribution is 2.45. The minimum absolute atomic E-state index is 0.372. The van der Waals surface area contributed by atoms with Gasteiger partial charge in [0.05, 0.1) is 6.04 Å². The van der Waals surface area contributed by atoms with Crippen molar-refractivity contribution >= 4 is 11.6 Å². The molecule has 0 aromatic heterocycles. The maximum atomic E-state index is 10.4. The Morgan fingerprint density at radius 3 is 2.72 bits per heavy atom. The summed E-state index contributed by atoms with van der Waals surface area (Å²) in [4.78, 5) is 0. The fourth-order valence-corrected chi connectivity index (χ4v) is 3.38. The summed E-state index contributed by atoms with van der Waals surface area (Å²) in [5.41, 5.74) is 6.56. The van der Waals surface area contributed by atoms with E-state index in [2.05, 4.69) is 0 Å². The van der Waals surface area contributed by atoms with Crippen molar-refractivity contribution in [3.8, 4) is 5.75 Å². The zero-order valence-electron chi connectivity index (χ0n) is 10.2. The second-order valence-corrected chi connectivity index (χ2v) is 5.82. The predicted molar refractivity (Wildman–Crippen MR) is 70.8 cm³/mol. The van der Waals surface area contributed by atoms with Gasteiger partial charge in [-0.1, -0.05) is 18.0 Å². The van der Waals surface area contributed by atoms with Gasteiger partial charge in [0.1, 0.15) is 17.5 Å². The minimum atomic E-state index is -0.689. The van der Waals surface area contributed by atoms with E-state index in [0.29, 0.717) is 10.6 Å². The molecule has 0 amide bonds. The van der Waals surface area contributed by atoms with Crippen LogP contribution in [0.3, 0.4) is 0 Å². The first-order valence-corrected chi connectivity index (χ1v) is 6.92. The monoisotopic (exact) mass is 267 g/mol. The van der Waals surface area contributed by atoms with E-state index in [1.54, 1.807) is 12.1 Å². The van der Waals surface area contributed by atoms with Crippen LogP contribution in [0.25, 0.3) is 0 Å². The molecule has 1 aromatic rings. The summed E-state index contributed by atoms with van der Waals surface area (Å²) in [6.45, 7) is 0. The highest BCUT2D eigenvalue weighted by Gasteiger charge is 2.48. The Morgan fingerprint density at radius 1 is 1.28 bits per heavy atom. The van der Waals surface area contributed by atoms with E-state index in [1.807, 2.05) is 6.07 Å². The summed E-state index contributed by atoms with van der Waals surface area (Å²) in [7, 11) is 0. The lowest BCUT2D eigenvalue weighted by atomic mass is 9.74. The van der Waals surface area contributed by atoms with Gasteiger partial charge in [0.25, 0.3) is 0 Å². The molecule has 1 heterocycles. The molecule has 2 atom stereocenters. The number of benzene rings is 1. The van der Waals surface area contributed by atoms with Crippen LogP contribution in [0.5, 0.6) is 5.75 Å². The molecule has 0 bridgehead atoms. The molecule has 1 aliphatic heterocycles. The molecule has 1 saturated carbocycles. The van der Waals surface area contributed by atoms with Crippen LogP contribution in [0.15, 0.2) is 18.2 Å². The van der Waals surface area contributed by atoms with Crippen molar-refractivity contribution in [2.45, 2.75) is 49.9 Å². The number of hydrogen-bond acceptors (Lipinski definition) is 3. The maximum Gasteiger partial charge on any atom is 0.127 e.